The fourth-order valence-corrected chi connectivity index (χ4v) is 3.39. The van der Waals surface area contributed by atoms with Gasteiger partial charge in [0.1, 0.15) is 11.5 Å². The summed E-state index contributed by atoms with van der Waals surface area (Å²) in [6.07, 6.45) is -0.417. The number of hydrogen-bond donors (Lipinski definition) is 2. The zero-order valence-corrected chi connectivity index (χ0v) is 19.5. The number of carbonyl (C=O) groups is 4. The van der Waals surface area contributed by atoms with Gasteiger partial charge in [-0.15, -0.1) is 5.06 Å². The SMILES string of the molecule is CC(C)(C)OC(=O)NCCNc1ccc(C(C(=O)ON2C(=O)CCC2=O)c2ccccc2)cc1. The van der Waals surface area contributed by atoms with Crippen molar-refractivity contribution >= 4 is 29.6 Å². The molecule has 2 aromatic carbocycles. The molecule has 1 unspecified atom stereocenters. The Morgan fingerprint density at radius 3 is 2.09 bits per heavy atom. The third kappa shape index (κ3) is 6.81. The van der Waals surface area contributed by atoms with Gasteiger partial charge in [0, 0.05) is 31.6 Å². The minimum atomic E-state index is -0.815. The summed E-state index contributed by atoms with van der Waals surface area (Å²) in [7, 11) is 0. The van der Waals surface area contributed by atoms with E-state index >= 15 is 0 Å². The van der Waals surface area contributed by atoms with Gasteiger partial charge >= 0.3 is 12.1 Å². The van der Waals surface area contributed by atoms with Crippen LogP contribution in [0.1, 0.15) is 50.7 Å². The first-order valence-corrected chi connectivity index (χ1v) is 11.1. The number of rotatable bonds is 8. The monoisotopic (exact) mass is 467 g/mol. The lowest BCUT2D eigenvalue weighted by molar-refractivity contribution is -0.198. The molecule has 180 valence electrons. The summed E-state index contributed by atoms with van der Waals surface area (Å²) in [6.45, 7) is 6.23. The van der Waals surface area contributed by atoms with Gasteiger partial charge in [-0.2, -0.15) is 0 Å². The maximum atomic E-state index is 13.0. The Hall–Kier alpha value is -3.88. The highest BCUT2D eigenvalue weighted by molar-refractivity contribution is 6.02. The second-order valence-corrected chi connectivity index (χ2v) is 8.81. The molecule has 9 nitrogen and oxygen atoms in total. The molecular formula is C25H29N3O6. The van der Waals surface area contributed by atoms with Crippen LogP contribution in [0.2, 0.25) is 0 Å². The molecular weight excluding hydrogens is 438 g/mol. The summed E-state index contributed by atoms with van der Waals surface area (Å²) in [5.41, 5.74) is 1.56. The zero-order chi connectivity index (χ0) is 24.7. The summed E-state index contributed by atoms with van der Waals surface area (Å²) in [4.78, 5) is 53.7. The number of ether oxygens (including phenoxy) is 1. The van der Waals surface area contributed by atoms with Crippen LogP contribution in [0, 0.1) is 0 Å². The van der Waals surface area contributed by atoms with Gasteiger partial charge in [-0.1, -0.05) is 42.5 Å². The Bertz CT molecular complexity index is 1010. The van der Waals surface area contributed by atoms with E-state index in [-0.39, 0.29) is 12.8 Å². The predicted octanol–water partition coefficient (Wildman–Crippen LogP) is 3.36. The summed E-state index contributed by atoms with van der Waals surface area (Å²) >= 11 is 0. The van der Waals surface area contributed by atoms with E-state index in [9.17, 15) is 19.2 Å². The van der Waals surface area contributed by atoms with Gasteiger partial charge in [0.25, 0.3) is 11.8 Å². The van der Waals surface area contributed by atoms with Crippen LogP contribution in [0.3, 0.4) is 0 Å². The van der Waals surface area contributed by atoms with Crippen molar-refractivity contribution in [3.05, 3.63) is 65.7 Å². The Labute approximate surface area is 198 Å². The molecule has 0 aliphatic carbocycles. The van der Waals surface area contributed by atoms with Crippen LogP contribution in [-0.4, -0.2) is 47.6 Å². The van der Waals surface area contributed by atoms with Gasteiger partial charge in [-0.25, -0.2) is 9.59 Å². The zero-order valence-electron chi connectivity index (χ0n) is 19.5. The van der Waals surface area contributed by atoms with E-state index in [1.54, 1.807) is 69.3 Å². The van der Waals surface area contributed by atoms with Crippen molar-refractivity contribution < 1.29 is 28.8 Å². The number of amides is 3. The molecule has 0 spiro atoms. The van der Waals surface area contributed by atoms with E-state index in [2.05, 4.69) is 10.6 Å². The number of carbonyl (C=O) groups excluding carboxylic acids is 4. The minimum absolute atomic E-state index is 0.0330. The first kappa shape index (κ1) is 24.8. The van der Waals surface area contributed by atoms with E-state index in [4.69, 9.17) is 9.57 Å². The fraction of sp³-hybridized carbons (Fsp3) is 0.360. The molecule has 2 aromatic rings. The van der Waals surface area contributed by atoms with Crippen LogP contribution >= 0.6 is 0 Å². The largest absolute Gasteiger partial charge is 0.444 e. The molecule has 1 atom stereocenters. The van der Waals surface area contributed by atoms with Crippen LogP contribution in [0.5, 0.6) is 0 Å². The number of nitrogens with one attached hydrogen (secondary N) is 2. The molecule has 1 aliphatic heterocycles. The van der Waals surface area contributed by atoms with Crippen LogP contribution in [0.15, 0.2) is 54.6 Å². The lowest BCUT2D eigenvalue weighted by Crippen LogP contribution is -2.35. The van der Waals surface area contributed by atoms with E-state index in [1.165, 1.54) is 0 Å². The van der Waals surface area contributed by atoms with Gasteiger partial charge < -0.3 is 20.2 Å². The van der Waals surface area contributed by atoms with E-state index in [0.29, 0.717) is 29.3 Å². The second-order valence-electron chi connectivity index (χ2n) is 8.81. The molecule has 0 bridgehead atoms. The number of hydrogen-bond acceptors (Lipinski definition) is 7. The van der Waals surface area contributed by atoms with Crippen LogP contribution < -0.4 is 10.6 Å². The van der Waals surface area contributed by atoms with Crippen LogP contribution in [-0.2, 0) is 24.0 Å². The molecule has 3 rings (SSSR count). The van der Waals surface area contributed by atoms with Crippen molar-refractivity contribution in [1.82, 2.24) is 10.4 Å². The first-order valence-electron chi connectivity index (χ1n) is 11.1. The number of benzene rings is 2. The van der Waals surface area contributed by atoms with Gasteiger partial charge in [-0.3, -0.25) is 9.59 Å². The third-order valence-corrected chi connectivity index (χ3v) is 4.92. The molecule has 0 radical (unpaired) electrons. The third-order valence-electron chi connectivity index (χ3n) is 4.92. The Kier molecular flexibility index (Phi) is 7.88. The number of hydroxylamine groups is 2. The molecule has 3 amide bonds. The maximum absolute atomic E-state index is 13.0. The second kappa shape index (κ2) is 10.8. The topological polar surface area (TPSA) is 114 Å². The Morgan fingerprint density at radius 1 is 0.912 bits per heavy atom. The van der Waals surface area contributed by atoms with Crippen LogP contribution in [0.25, 0.3) is 0 Å². The van der Waals surface area contributed by atoms with Gasteiger partial charge in [-0.05, 0) is 44.0 Å². The van der Waals surface area contributed by atoms with Crippen molar-refractivity contribution in [2.75, 3.05) is 18.4 Å². The summed E-state index contributed by atoms with van der Waals surface area (Å²) in [5.74, 6) is -2.57. The smallest absolute Gasteiger partial charge is 0.407 e. The average molecular weight is 468 g/mol. The molecule has 1 saturated heterocycles. The van der Waals surface area contributed by atoms with Crippen LogP contribution in [0.4, 0.5) is 10.5 Å². The minimum Gasteiger partial charge on any atom is -0.444 e. The van der Waals surface area contributed by atoms with E-state index in [0.717, 1.165) is 5.69 Å². The number of nitrogens with zero attached hydrogens (tertiary/aromatic N) is 1. The van der Waals surface area contributed by atoms with Crippen molar-refractivity contribution in [1.29, 1.82) is 0 Å². The lowest BCUT2D eigenvalue weighted by Gasteiger charge is -2.20. The molecule has 2 N–H and O–H groups in total. The maximum Gasteiger partial charge on any atom is 0.407 e. The van der Waals surface area contributed by atoms with Crippen molar-refractivity contribution in [3.63, 3.8) is 0 Å². The van der Waals surface area contributed by atoms with Gasteiger partial charge in [0.2, 0.25) is 0 Å². The quantitative estimate of drug-likeness (QED) is 0.452. The fourth-order valence-electron chi connectivity index (χ4n) is 3.39. The molecule has 1 fully saturated rings. The van der Waals surface area contributed by atoms with Gasteiger partial charge in [0.05, 0.1) is 0 Å². The molecule has 0 saturated carbocycles. The summed E-state index contributed by atoms with van der Waals surface area (Å²) in [6, 6.07) is 16.2. The average Bonchev–Trinajstić information content (AvgIpc) is 3.09. The van der Waals surface area contributed by atoms with Gasteiger partial charge in [0.15, 0.2) is 0 Å². The Morgan fingerprint density at radius 2 is 1.50 bits per heavy atom. The highest BCUT2D eigenvalue weighted by Crippen LogP contribution is 2.28. The number of alkyl carbamates (subject to hydrolysis) is 1. The summed E-state index contributed by atoms with van der Waals surface area (Å²) < 4.78 is 5.19. The van der Waals surface area contributed by atoms with Crippen molar-refractivity contribution in [2.45, 2.75) is 45.1 Å². The Balaban J connectivity index is 1.64. The lowest BCUT2D eigenvalue weighted by atomic mass is 9.91. The predicted molar refractivity (Wildman–Crippen MR) is 125 cm³/mol. The van der Waals surface area contributed by atoms with Crippen molar-refractivity contribution in [2.24, 2.45) is 0 Å². The van der Waals surface area contributed by atoms with Crippen molar-refractivity contribution in [3.8, 4) is 0 Å². The molecule has 0 aromatic heterocycles. The first-order chi connectivity index (χ1) is 16.1. The molecule has 1 aliphatic rings. The standard InChI is InChI=1S/C25H29N3O6/c1-25(2,3)33-24(32)27-16-15-26-19-11-9-18(10-12-19)22(17-7-5-4-6-8-17)23(31)34-28-20(29)13-14-21(28)30/h4-12,22,26H,13-16H2,1-3H3,(H,27,32). The van der Waals surface area contributed by atoms with E-state index in [1.807, 2.05) is 6.07 Å². The normalized spacial score (nSPS) is 14.5. The number of anilines is 1. The molecule has 1 heterocycles. The number of imide groups is 1. The van der Waals surface area contributed by atoms with E-state index < -0.39 is 35.4 Å². The molecule has 34 heavy (non-hydrogen) atoms. The highest BCUT2D eigenvalue weighted by Gasteiger charge is 2.35. The summed E-state index contributed by atoms with van der Waals surface area (Å²) in [5, 5.41) is 6.42. The highest BCUT2D eigenvalue weighted by atomic mass is 16.7. The molecule has 9 heteroatoms.